The van der Waals surface area contributed by atoms with E-state index < -0.39 is 22.6 Å². The summed E-state index contributed by atoms with van der Waals surface area (Å²) >= 11 is 1.73. The molecule has 3 atom stereocenters. The number of carbonyl (C=O) groups is 2. The fourth-order valence-electron chi connectivity index (χ4n) is 4.99. The van der Waals surface area contributed by atoms with Crippen molar-refractivity contribution in [3.63, 3.8) is 0 Å². The summed E-state index contributed by atoms with van der Waals surface area (Å²) in [6.45, 7) is 25.1. The van der Waals surface area contributed by atoms with Crippen molar-refractivity contribution in [2.24, 2.45) is 5.92 Å². The third-order valence-corrected chi connectivity index (χ3v) is 20.3. The van der Waals surface area contributed by atoms with Gasteiger partial charge in [0.25, 0.3) is 0 Å². The number of aliphatic carboxylic acids is 1. The predicted octanol–water partition coefficient (Wildman–Crippen LogP) is 11.4. The Bertz CT molecular complexity index is 1200. The zero-order valence-electron chi connectivity index (χ0n) is 31.2. The van der Waals surface area contributed by atoms with Crippen LogP contribution in [0.5, 0.6) is 0 Å². The molecule has 0 heterocycles. The van der Waals surface area contributed by atoms with Crippen LogP contribution in [0.25, 0.3) is 0 Å². The normalized spacial score (nSPS) is 18.6. The van der Waals surface area contributed by atoms with Crippen LogP contribution in [-0.4, -0.2) is 51.6 Å². The molecule has 0 amide bonds. The molecule has 0 fully saturated rings. The summed E-state index contributed by atoms with van der Waals surface area (Å²) < 4.78 is 20.3. The zero-order chi connectivity index (χ0) is 35.5. The molecule has 266 valence electrons. The van der Waals surface area contributed by atoms with E-state index in [0.29, 0.717) is 24.2 Å². The van der Waals surface area contributed by atoms with Crippen molar-refractivity contribution in [1.29, 1.82) is 0 Å². The summed E-state index contributed by atoms with van der Waals surface area (Å²) in [5.41, 5.74) is 0.526. The Kier molecular flexibility index (Phi) is 16.2. The minimum Gasteiger partial charge on any atom is -0.481 e. The van der Waals surface area contributed by atoms with Gasteiger partial charge >= 0.3 is 11.9 Å². The Morgan fingerprint density at radius 1 is 0.936 bits per heavy atom. The molecule has 9 heteroatoms. The average molecular weight is 705 g/mol. The van der Waals surface area contributed by atoms with Crippen LogP contribution in [0.4, 0.5) is 0 Å². The highest BCUT2D eigenvalue weighted by atomic mass is 32.2. The number of benzene rings is 1. The molecule has 2 rings (SSSR count). The lowest BCUT2D eigenvalue weighted by Gasteiger charge is -2.40. The number of carbonyl (C=O) groups excluding carboxylic acids is 1. The summed E-state index contributed by atoms with van der Waals surface area (Å²) in [6, 6.07) is 9.16. The second-order valence-corrected chi connectivity index (χ2v) is 26.7. The van der Waals surface area contributed by atoms with Crippen LogP contribution in [0.2, 0.25) is 36.3 Å². The number of unbranched alkanes of at least 4 members (excludes halogenated alkanes) is 4. The lowest BCUT2D eigenvalue weighted by Crippen LogP contribution is -2.45. The highest BCUT2D eigenvalue weighted by molar-refractivity contribution is 8.03. The quantitative estimate of drug-likeness (QED) is 0.0664. The fraction of sp³-hybridized carbons (Fsp3) is 0.684. The molecule has 1 aliphatic rings. The predicted molar refractivity (Wildman–Crippen MR) is 203 cm³/mol. The van der Waals surface area contributed by atoms with Gasteiger partial charge in [0.1, 0.15) is 5.76 Å². The van der Waals surface area contributed by atoms with Crippen LogP contribution in [0.15, 0.2) is 53.1 Å². The molecule has 0 aliphatic heterocycles. The highest BCUT2D eigenvalue weighted by Gasteiger charge is 2.45. The standard InChI is InChI=1S/C38H64O6SSi2/c1-12-13-16-23-30(43-46(8,9)37(2,3)4)25-26-31-32(44-47(10,11)38(5,6)7)28-33(42-36(41)29-21-17-14-18-22-29)35(31)45-27-20-15-19-24-34(39)40/h14,17-18,21-22,25-26,30-32H,12-13,15-16,19-20,23-24,27-28H2,1-11H3,(H,39,40)/b26-25+/t30-,31-,32+/m0/s1. The minimum absolute atomic E-state index is 0.00847. The van der Waals surface area contributed by atoms with Gasteiger partial charge in [-0.05, 0) is 73.4 Å². The van der Waals surface area contributed by atoms with Gasteiger partial charge in [-0.25, -0.2) is 4.79 Å². The molecule has 1 N–H and O–H groups in total. The summed E-state index contributed by atoms with van der Waals surface area (Å²) in [5.74, 6) is 0.341. The maximum Gasteiger partial charge on any atom is 0.343 e. The van der Waals surface area contributed by atoms with Crippen LogP contribution in [-0.2, 0) is 18.4 Å². The first-order chi connectivity index (χ1) is 21.8. The van der Waals surface area contributed by atoms with E-state index in [2.05, 4.69) is 86.8 Å². The molecule has 0 unspecified atom stereocenters. The molecular formula is C38H64O6SSi2. The smallest absolute Gasteiger partial charge is 0.343 e. The molecule has 47 heavy (non-hydrogen) atoms. The number of carboxylic acid groups (broad SMARTS) is 1. The van der Waals surface area contributed by atoms with Crippen molar-refractivity contribution in [3.8, 4) is 0 Å². The summed E-state index contributed by atoms with van der Waals surface area (Å²) in [6.07, 6.45) is 12.0. The maximum absolute atomic E-state index is 13.4. The number of rotatable bonds is 19. The molecule has 0 aromatic heterocycles. The topological polar surface area (TPSA) is 82.1 Å². The van der Waals surface area contributed by atoms with Crippen molar-refractivity contribution in [3.05, 3.63) is 58.7 Å². The van der Waals surface area contributed by atoms with Gasteiger partial charge in [-0.1, -0.05) is 105 Å². The Balaban J connectivity index is 2.52. The number of thioether (sulfide) groups is 1. The molecular weight excluding hydrogens is 641 g/mol. The van der Waals surface area contributed by atoms with E-state index in [9.17, 15) is 9.59 Å². The highest BCUT2D eigenvalue weighted by Crippen LogP contribution is 2.47. The lowest BCUT2D eigenvalue weighted by atomic mass is 10.0. The van der Waals surface area contributed by atoms with Gasteiger partial charge in [-0.3, -0.25) is 4.79 Å². The monoisotopic (exact) mass is 704 g/mol. The van der Waals surface area contributed by atoms with Gasteiger partial charge in [0.2, 0.25) is 0 Å². The third-order valence-electron chi connectivity index (χ3n) is 10.0. The van der Waals surface area contributed by atoms with Crippen molar-refractivity contribution in [2.45, 2.75) is 155 Å². The van der Waals surface area contributed by atoms with Gasteiger partial charge < -0.3 is 18.7 Å². The first kappa shape index (κ1) is 41.5. The van der Waals surface area contributed by atoms with Crippen molar-refractivity contribution >= 4 is 40.3 Å². The van der Waals surface area contributed by atoms with Crippen LogP contribution in [0.1, 0.15) is 117 Å². The summed E-state index contributed by atoms with van der Waals surface area (Å²) in [7, 11) is -4.19. The molecule has 6 nitrogen and oxygen atoms in total. The Labute approximate surface area is 292 Å². The number of hydrogen-bond donors (Lipinski definition) is 1. The summed E-state index contributed by atoms with van der Waals surface area (Å²) in [5, 5.41) is 9.20. The van der Waals surface area contributed by atoms with Crippen LogP contribution < -0.4 is 0 Å². The second kappa shape index (κ2) is 18.4. The number of hydrogen-bond acceptors (Lipinski definition) is 6. The Hall–Kier alpha value is -1.66. The largest absolute Gasteiger partial charge is 0.481 e. The van der Waals surface area contributed by atoms with E-state index in [1.807, 2.05) is 18.2 Å². The lowest BCUT2D eigenvalue weighted by molar-refractivity contribution is -0.137. The minimum atomic E-state index is -2.17. The van der Waals surface area contributed by atoms with E-state index in [1.54, 1.807) is 23.9 Å². The molecule has 0 saturated carbocycles. The molecule has 0 spiro atoms. The second-order valence-electron chi connectivity index (χ2n) is 16.0. The Morgan fingerprint density at radius 2 is 1.57 bits per heavy atom. The van der Waals surface area contributed by atoms with E-state index in [1.165, 1.54) is 6.42 Å². The number of ether oxygens (including phenoxy) is 1. The SMILES string of the molecule is CCCCC[C@@H](/C=C/[C@@H]1C(SCCCCCC(=O)O)=C(OC(=O)c2ccccc2)C[C@H]1O[Si](C)(C)C(C)(C)C)O[Si](C)(C)C(C)(C)C. The van der Waals surface area contributed by atoms with Crippen LogP contribution in [0, 0.1) is 5.92 Å². The average Bonchev–Trinajstić information content (AvgIpc) is 3.26. The third kappa shape index (κ3) is 13.3. The number of carboxylic acids is 1. The molecule has 1 aromatic rings. The van der Waals surface area contributed by atoms with Gasteiger partial charge in [0.15, 0.2) is 16.6 Å². The van der Waals surface area contributed by atoms with E-state index >= 15 is 0 Å². The first-order valence-electron chi connectivity index (χ1n) is 17.7. The molecule has 1 aromatic carbocycles. The van der Waals surface area contributed by atoms with E-state index in [4.69, 9.17) is 18.7 Å². The maximum atomic E-state index is 13.4. The Morgan fingerprint density at radius 3 is 2.15 bits per heavy atom. The fourth-order valence-corrected chi connectivity index (χ4v) is 8.91. The van der Waals surface area contributed by atoms with E-state index in [0.717, 1.165) is 42.8 Å². The molecule has 1 aliphatic carbocycles. The van der Waals surface area contributed by atoms with E-state index in [-0.39, 0.29) is 40.6 Å². The molecule has 0 radical (unpaired) electrons. The zero-order valence-corrected chi connectivity index (χ0v) is 34.1. The molecule has 0 bridgehead atoms. The van der Waals surface area contributed by atoms with Crippen molar-refractivity contribution in [1.82, 2.24) is 0 Å². The van der Waals surface area contributed by atoms with Gasteiger partial charge in [-0.2, -0.15) is 0 Å². The van der Waals surface area contributed by atoms with Crippen molar-refractivity contribution in [2.75, 3.05) is 5.75 Å². The van der Waals surface area contributed by atoms with Crippen LogP contribution >= 0.6 is 11.8 Å². The molecule has 0 saturated heterocycles. The van der Waals surface area contributed by atoms with Gasteiger partial charge in [0.05, 0.1) is 17.8 Å². The van der Waals surface area contributed by atoms with Gasteiger partial charge in [0, 0.05) is 23.7 Å². The first-order valence-corrected chi connectivity index (χ1v) is 24.5. The van der Waals surface area contributed by atoms with Crippen LogP contribution in [0.3, 0.4) is 0 Å². The number of esters is 1. The summed E-state index contributed by atoms with van der Waals surface area (Å²) in [4.78, 5) is 25.4. The van der Waals surface area contributed by atoms with Crippen molar-refractivity contribution < 1.29 is 28.3 Å². The van der Waals surface area contributed by atoms with Gasteiger partial charge in [-0.15, -0.1) is 11.8 Å².